The minimum Gasteiger partial charge on any atom is -0.508 e. The first kappa shape index (κ1) is 18.0. The van der Waals surface area contributed by atoms with Crippen LogP contribution in [0.5, 0.6) is 5.75 Å². The number of anilines is 1. The van der Waals surface area contributed by atoms with Gasteiger partial charge in [0.25, 0.3) is 0 Å². The molecule has 2 amide bonds. The lowest BCUT2D eigenvalue weighted by Crippen LogP contribution is -2.40. The van der Waals surface area contributed by atoms with Crippen LogP contribution in [-0.4, -0.2) is 34.9 Å². The number of nitrogens with zero attached hydrogens (tertiary/aromatic N) is 2. The number of aromatic hydroxyl groups is 1. The van der Waals surface area contributed by atoms with Gasteiger partial charge in [-0.05, 0) is 60.4 Å². The van der Waals surface area contributed by atoms with E-state index < -0.39 is 0 Å². The largest absolute Gasteiger partial charge is 0.508 e. The van der Waals surface area contributed by atoms with Gasteiger partial charge in [0.1, 0.15) is 5.75 Å². The Balaban J connectivity index is 1.49. The lowest BCUT2D eigenvalue weighted by atomic mass is 9.97. The minimum absolute atomic E-state index is 0.00914. The molecule has 0 spiro atoms. The second-order valence-corrected chi connectivity index (χ2v) is 8.16. The SMILES string of the molecule is Cc1cc(N2C[C@@H](C(=O)N3CCc4ccc(O)cc4C3)CC2=O)ccc1Br. The molecule has 0 unspecified atom stereocenters. The predicted octanol–water partition coefficient (Wildman–Crippen LogP) is 3.40. The topological polar surface area (TPSA) is 60.9 Å². The summed E-state index contributed by atoms with van der Waals surface area (Å²) in [5.41, 5.74) is 4.05. The Kier molecular flexibility index (Phi) is 4.68. The van der Waals surface area contributed by atoms with Gasteiger partial charge in [0.15, 0.2) is 0 Å². The van der Waals surface area contributed by atoms with Crippen molar-refractivity contribution in [2.24, 2.45) is 5.92 Å². The molecule has 27 heavy (non-hydrogen) atoms. The molecule has 2 aliphatic rings. The molecule has 1 saturated heterocycles. The third-order valence-corrected chi connectivity index (χ3v) is 6.33. The predicted molar refractivity (Wildman–Crippen MR) is 107 cm³/mol. The highest BCUT2D eigenvalue weighted by molar-refractivity contribution is 9.10. The van der Waals surface area contributed by atoms with Crippen molar-refractivity contribution in [3.8, 4) is 5.75 Å². The monoisotopic (exact) mass is 428 g/mol. The molecule has 2 aliphatic heterocycles. The third kappa shape index (κ3) is 3.46. The van der Waals surface area contributed by atoms with E-state index in [1.807, 2.05) is 36.1 Å². The van der Waals surface area contributed by atoms with Crippen molar-refractivity contribution in [1.29, 1.82) is 0 Å². The van der Waals surface area contributed by atoms with Crippen LogP contribution in [0, 0.1) is 12.8 Å². The Hall–Kier alpha value is -2.34. The fourth-order valence-corrected chi connectivity index (χ4v) is 4.16. The summed E-state index contributed by atoms with van der Waals surface area (Å²) in [5.74, 6) is -0.0880. The van der Waals surface area contributed by atoms with Gasteiger partial charge in [0.2, 0.25) is 11.8 Å². The van der Waals surface area contributed by atoms with Crippen molar-refractivity contribution in [2.45, 2.75) is 26.3 Å². The number of amides is 2. The van der Waals surface area contributed by atoms with Crippen LogP contribution >= 0.6 is 15.9 Å². The van der Waals surface area contributed by atoms with Crippen molar-refractivity contribution in [3.05, 3.63) is 57.6 Å². The molecule has 2 aromatic carbocycles. The summed E-state index contributed by atoms with van der Waals surface area (Å²) < 4.78 is 1.00. The van der Waals surface area contributed by atoms with E-state index in [9.17, 15) is 14.7 Å². The molecule has 0 aromatic heterocycles. The zero-order chi connectivity index (χ0) is 19.1. The number of benzene rings is 2. The first-order valence-electron chi connectivity index (χ1n) is 9.08. The number of hydrogen-bond donors (Lipinski definition) is 1. The van der Waals surface area contributed by atoms with E-state index in [1.54, 1.807) is 17.0 Å². The van der Waals surface area contributed by atoms with Crippen molar-refractivity contribution < 1.29 is 14.7 Å². The van der Waals surface area contributed by atoms with Crippen LogP contribution in [0.4, 0.5) is 5.69 Å². The molecule has 0 bridgehead atoms. The van der Waals surface area contributed by atoms with E-state index in [4.69, 9.17) is 0 Å². The van der Waals surface area contributed by atoms with Crippen molar-refractivity contribution in [2.75, 3.05) is 18.0 Å². The highest BCUT2D eigenvalue weighted by Gasteiger charge is 2.38. The molecule has 140 valence electrons. The lowest BCUT2D eigenvalue weighted by molar-refractivity contribution is -0.136. The summed E-state index contributed by atoms with van der Waals surface area (Å²) in [6.45, 7) is 3.54. The molecular weight excluding hydrogens is 408 g/mol. The Bertz CT molecular complexity index is 928. The van der Waals surface area contributed by atoms with Gasteiger partial charge < -0.3 is 14.9 Å². The molecule has 0 radical (unpaired) electrons. The second kappa shape index (κ2) is 7.00. The standard InChI is InChI=1S/C21H21BrN2O3/c1-13-8-17(3-5-19(13)22)24-12-16(10-20(24)26)21(27)23-7-6-14-2-4-18(25)9-15(14)11-23/h2-5,8-9,16,25H,6-7,10-12H2,1H3/t16-/m0/s1. The van der Waals surface area contributed by atoms with Gasteiger partial charge in [-0.1, -0.05) is 22.0 Å². The van der Waals surface area contributed by atoms with E-state index in [0.29, 0.717) is 19.6 Å². The molecule has 1 atom stereocenters. The molecule has 2 aromatic rings. The van der Waals surface area contributed by atoms with Crippen LogP contribution in [0.1, 0.15) is 23.1 Å². The molecule has 6 heteroatoms. The Morgan fingerprint density at radius 3 is 2.78 bits per heavy atom. The average Bonchev–Trinajstić information content (AvgIpc) is 3.04. The highest BCUT2D eigenvalue weighted by atomic mass is 79.9. The number of halogens is 1. The number of aryl methyl sites for hydroxylation is 1. The number of fused-ring (bicyclic) bond motifs is 1. The molecule has 0 saturated carbocycles. The number of carbonyl (C=O) groups excluding carboxylic acids is 2. The Morgan fingerprint density at radius 1 is 1.19 bits per heavy atom. The Morgan fingerprint density at radius 2 is 2.00 bits per heavy atom. The number of rotatable bonds is 2. The summed E-state index contributed by atoms with van der Waals surface area (Å²) >= 11 is 3.48. The summed E-state index contributed by atoms with van der Waals surface area (Å²) in [6, 6.07) is 11.1. The van der Waals surface area contributed by atoms with E-state index in [2.05, 4.69) is 15.9 Å². The van der Waals surface area contributed by atoms with Crippen LogP contribution in [0.15, 0.2) is 40.9 Å². The van der Waals surface area contributed by atoms with Crippen molar-refractivity contribution in [3.63, 3.8) is 0 Å². The second-order valence-electron chi connectivity index (χ2n) is 7.30. The number of phenolic OH excluding ortho intramolecular Hbond substituents is 1. The van der Waals surface area contributed by atoms with Gasteiger partial charge in [-0.25, -0.2) is 0 Å². The average molecular weight is 429 g/mol. The Labute approximate surface area is 166 Å². The van der Waals surface area contributed by atoms with Crippen LogP contribution in [0.3, 0.4) is 0 Å². The summed E-state index contributed by atoms with van der Waals surface area (Å²) in [7, 11) is 0. The lowest BCUT2D eigenvalue weighted by Gasteiger charge is -2.31. The van der Waals surface area contributed by atoms with Gasteiger partial charge in [-0.3, -0.25) is 9.59 Å². The number of hydrogen-bond acceptors (Lipinski definition) is 3. The van der Waals surface area contributed by atoms with Gasteiger partial charge >= 0.3 is 0 Å². The molecule has 2 heterocycles. The first-order valence-corrected chi connectivity index (χ1v) is 9.88. The minimum atomic E-state index is -0.319. The van der Waals surface area contributed by atoms with E-state index in [1.165, 1.54) is 5.56 Å². The zero-order valence-electron chi connectivity index (χ0n) is 15.1. The maximum atomic E-state index is 13.0. The van der Waals surface area contributed by atoms with E-state index >= 15 is 0 Å². The third-order valence-electron chi connectivity index (χ3n) is 5.44. The zero-order valence-corrected chi connectivity index (χ0v) is 16.7. The van der Waals surface area contributed by atoms with Crippen molar-refractivity contribution in [1.82, 2.24) is 4.90 Å². The maximum absolute atomic E-state index is 13.0. The van der Waals surface area contributed by atoms with Gasteiger partial charge in [-0.2, -0.15) is 0 Å². The molecule has 0 aliphatic carbocycles. The van der Waals surface area contributed by atoms with Gasteiger partial charge in [-0.15, -0.1) is 0 Å². The summed E-state index contributed by atoms with van der Waals surface area (Å²) in [4.78, 5) is 29.1. The van der Waals surface area contributed by atoms with Gasteiger partial charge in [0.05, 0.1) is 5.92 Å². The number of phenols is 1. The number of carbonyl (C=O) groups is 2. The van der Waals surface area contributed by atoms with Crippen molar-refractivity contribution >= 4 is 33.4 Å². The highest BCUT2D eigenvalue weighted by Crippen LogP contribution is 2.31. The van der Waals surface area contributed by atoms with Crippen LogP contribution in [-0.2, 0) is 22.6 Å². The van der Waals surface area contributed by atoms with Gasteiger partial charge in [0, 0.05) is 36.2 Å². The molecule has 1 fully saturated rings. The van der Waals surface area contributed by atoms with Crippen LogP contribution in [0.2, 0.25) is 0 Å². The molecule has 4 rings (SSSR count). The maximum Gasteiger partial charge on any atom is 0.228 e. The van der Waals surface area contributed by atoms with Crippen LogP contribution in [0.25, 0.3) is 0 Å². The van der Waals surface area contributed by atoms with E-state index in [-0.39, 0.29) is 29.9 Å². The van der Waals surface area contributed by atoms with E-state index in [0.717, 1.165) is 27.7 Å². The normalized spacial score (nSPS) is 19.3. The summed E-state index contributed by atoms with van der Waals surface area (Å²) in [6.07, 6.45) is 1.02. The molecule has 1 N–H and O–H groups in total. The quantitative estimate of drug-likeness (QED) is 0.796. The summed E-state index contributed by atoms with van der Waals surface area (Å²) in [5, 5.41) is 9.70. The first-order chi connectivity index (χ1) is 12.9. The van der Waals surface area contributed by atoms with Crippen LogP contribution < -0.4 is 4.90 Å². The molecular formula is C21H21BrN2O3. The smallest absolute Gasteiger partial charge is 0.228 e. The fourth-order valence-electron chi connectivity index (χ4n) is 3.91. The molecule has 5 nitrogen and oxygen atoms in total. The fraction of sp³-hybridized carbons (Fsp3) is 0.333.